The first kappa shape index (κ1) is 22.4. The smallest absolute Gasteiger partial charge is 0.450 e. The molecule has 1 fully saturated rings. The van der Waals surface area contributed by atoms with Gasteiger partial charge in [-0.3, -0.25) is 0 Å². The van der Waals surface area contributed by atoms with Crippen molar-refractivity contribution < 1.29 is 50.9 Å². The highest BCUT2D eigenvalue weighted by molar-refractivity contribution is 6.41. The first-order valence-corrected chi connectivity index (χ1v) is 6.50. The van der Waals surface area contributed by atoms with Crippen molar-refractivity contribution in [1.82, 2.24) is 0 Å². The van der Waals surface area contributed by atoms with Gasteiger partial charge < -0.3 is 14.9 Å². The Bertz CT molecular complexity index is 493. The van der Waals surface area contributed by atoms with Gasteiger partial charge in [-0.2, -0.15) is 26.3 Å². The molecule has 140 valence electrons. The van der Waals surface area contributed by atoms with Gasteiger partial charge in [0.1, 0.15) is 5.03 Å². The van der Waals surface area contributed by atoms with Crippen molar-refractivity contribution in [3.05, 3.63) is 11.1 Å². The van der Waals surface area contributed by atoms with Gasteiger partial charge in [0.2, 0.25) is 0 Å². The van der Waals surface area contributed by atoms with Crippen molar-refractivity contribution in [2.75, 3.05) is 0 Å². The van der Waals surface area contributed by atoms with Crippen molar-refractivity contribution >= 4 is 23.7 Å². The van der Waals surface area contributed by atoms with Crippen LogP contribution in [0.25, 0.3) is 0 Å². The second-order valence-corrected chi connectivity index (χ2v) is 5.87. The molecule has 0 aromatic carbocycles. The maximum Gasteiger partial charge on any atom is 0.503 e. The van der Waals surface area contributed by atoms with Gasteiger partial charge in [-0.1, -0.05) is 31.5 Å². The summed E-state index contributed by atoms with van der Waals surface area (Å²) in [6.07, 6.45) is -15.8. The van der Waals surface area contributed by atoms with Crippen LogP contribution in [0, 0.1) is 11.3 Å². The molecule has 0 spiro atoms. The summed E-state index contributed by atoms with van der Waals surface area (Å²) in [7, 11) is 0. The molecule has 5 nitrogen and oxygen atoms in total. The molecule has 1 atom stereocenters. The number of carbonyl (C=O) groups is 2. The minimum Gasteiger partial charge on any atom is -0.450 e. The Kier molecular flexibility index (Phi) is 6.98. The van der Waals surface area contributed by atoms with Crippen LogP contribution in [0.4, 0.5) is 31.1 Å². The minimum absolute atomic E-state index is 0.169. The van der Waals surface area contributed by atoms with Crippen LogP contribution in [0.5, 0.6) is 0 Å². The van der Waals surface area contributed by atoms with Crippen LogP contribution in [-0.2, 0) is 9.53 Å². The van der Waals surface area contributed by atoms with Gasteiger partial charge in [0.25, 0.3) is 6.10 Å². The maximum atomic E-state index is 12.2. The Morgan fingerprint density at radius 3 is 1.75 bits per heavy atom. The minimum atomic E-state index is -5.75. The third-order valence-electron chi connectivity index (χ3n) is 2.95. The first-order chi connectivity index (χ1) is 10.5. The molecule has 1 rings (SSSR count). The first-order valence-electron chi connectivity index (χ1n) is 6.12. The van der Waals surface area contributed by atoms with Gasteiger partial charge in [-0.15, -0.1) is 0 Å². The Balaban J connectivity index is 0.00000118. The summed E-state index contributed by atoms with van der Waals surface area (Å²) >= 11 is 5.39. The second kappa shape index (κ2) is 7.49. The average molecular weight is 387 g/mol. The van der Waals surface area contributed by atoms with Gasteiger partial charge in [0, 0.05) is 0 Å². The highest BCUT2D eigenvalue weighted by atomic mass is 35.5. The van der Waals surface area contributed by atoms with Crippen LogP contribution >= 0.6 is 11.6 Å². The van der Waals surface area contributed by atoms with E-state index in [1.165, 1.54) is 0 Å². The van der Waals surface area contributed by atoms with Gasteiger partial charge >= 0.3 is 24.5 Å². The van der Waals surface area contributed by atoms with E-state index in [0.717, 1.165) is 6.08 Å². The lowest BCUT2D eigenvalue weighted by molar-refractivity contribution is -0.312. The van der Waals surface area contributed by atoms with Crippen molar-refractivity contribution in [2.45, 2.75) is 38.7 Å². The molecule has 1 aliphatic rings. The fourth-order valence-corrected chi connectivity index (χ4v) is 1.72. The Labute approximate surface area is 136 Å². The summed E-state index contributed by atoms with van der Waals surface area (Å²) in [5.74, 6) is -2.01. The highest BCUT2D eigenvalue weighted by Gasteiger charge is 2.60. The summed E-state index contributed by atoms with van der Waals surface area (Å²) in [5, 5.41) is 13.2. The van der Waals surface area contributed by atoms with E-state index in [2.05, 4.69) is 4.74 Å². The molecule has 0 radical (unpaired) electrons. The third-order valence-corrected chi connectivity index (χ3v) is 3.23. The molecule has 0 aromatic heterocycles. The quantitative estimate of drug-likeness (QED) is 0.426. The number of ether oxygens (including phenoxy) is 1. The van der Waals surface area contributed by atoms with Crippen molar-refractivity contribution in [3.8, 4) is 0 Å². The fraction of sp³-hybridized carbons (Fsp3) is 0.667. The fourth-order valence-electron chi connectivity index (χ4n) is 1.52. The van der Waals surface area contributed by atoms with Crippen LogP contribution in [0.15, 0.2) is 11.1 Å². The second-order valence-electron chi connectivity index (χ2n) is 5.46. The lowest BCUT2D eigenvalue weighted by Gasteiger charge is -2.22. The highest BCUT2D eigenvalue weighted by Crippen LogP contribution is 2.53. The van der Waals surface area contributed by atoms with Gasteiger partial charge in [0.05, 0.1) is 0 Å². The van der Waals surface area contributed by atoms with Crippen molar-refractivity contribution in [2.24, 2.45) is 11.3 Å². The molecule has 24 heavy (non-hydrogen) atoms. The predicted octanol–water partition coefficient (Wildman–Crippen LogP) is 4.41. The van der Waals surface area contributed by atoms with E-state index in [9.17, 15) is 31.1 Å². The van der Waals surface area contributed by atoms with E-state index in [1.807, 2.05) is 13.8 Å². The van der Waals surface area contributed by atoms with E-state index in [-0.39, 0.29) is 11.3 Å². The van der Waals surface area contributed by atoms with Crippen molar-refractivity contribution in [3.63, 3.8) is 0 Å². The zero-order chi connectivity index (χ0) is 19.5. The van der Waals surface area contributed by atoms with E-state index in [4.69, 9.17) is 26.6 Å². The molecule has 0 aliphatic heterocycles. The molecule has 1 saturated carbocycles. The lowest BCUT2D eigenvalue weighted by Crippen LogP contribution is -2.45. The summed E-state index contributed by atoms with van der Waals surface area (Å²) < 4.78 is 76.5. The van der Waals surface area contributed by atoms with Gasteiger partial charge in [-0.25, -0.2) is 9.59 Å². The van der Waals surface area contributed by atoms with Gasteiger partial charge in [0.15, 0.2) is 0 Å². The molecule has 0 bridgehead atoms. The van der Waals surface area contributed by atoms with E-state index >= 15 is 0 Å². The SMILES string of the molecule is CC1(C)CC1C=C(Cl)C(=O)OC(C(F)(F)F)C(F)(F)F.O=C(O)O. The van der Waals surface area contributed by atoms with Crippen LogP contribution < -0.4 is 0 Å². The zero-order valence-electron chi connectivity index (χ0n) is 12.2. The molecule has 1 unspecified atom stereocenters. The molecule has 0 aromatic rings. The summed E-state index contributed by atoms with van der Waals surface area (Å²) in [5.41, 5.74) is -0.173. The Hall–Kier alpha value is -1.65. The molecular formula is C12H13ClF6O5. The summed E-state index contributed by atoms with van der Waals surface area (Å²) in [6.45, 7) is 3.63. The average Bonchev–Trinajstić information content (AvgIpc) is 2.89. The molecular weight excluding hydrogens is 374 g/mol. The number of hydrogen-bond acceptors (Lipinski definition) is 3. The maximum absolute atomic E-state index is 12.2. The van der Waals surface area contributed by atoms with Gasteiger partial charge in [-0.05, 0) is 17.8 Å². The van der Waals surface area contributed by atoms with Crippen LogP contribution in [-0.4, -0.2) is 40.8 Å². The molecule has 0 amide bonds. The van der Waals surface area contributed by atoms with Crippen LogP contribution in [0.2, 0.25) is 0 Å². The Morgan fingerprint density at radius 1 is 1.17 bits per heavy atom. The molecule has 2 N–H and O–H groups in total. The molecule has 1 aliphatic carbocycles. The number of allylic oxidation sites excluding steroid dienone is 1. The summed E-state index contributed by atoms with van der Waals surface area (Å²) in [4.78, 5) is 19.8. The van der Waals surface area contributed by atoms with Crippen LogP contribution in [0.1, 0.15) is 20.3 Å². The Morgan fingerprint density at radius 2 is 1.50 bits per heavy atom. The third kappa shape index (κ3) is 7.75. The number of carbonyl (C=O) groups excluding carboxylic acids is 1. The standard InChI is InChI=1S/C11H11ClF6O2.CH2O3/c1-9(2)4-5(9)3-6(12)7(19)20-8(10(13,14)15)11(16,17)18;2-1(3)4/h3,5,8H,4H2,1-2H3;(H2,2,3,4). The number of esters is 1. The molecule has 0 saturated heterocycles. The number of hydrogen-bond donors (Lipinski definition) is 2. The topological polar surface area (TPSA) is 83.8 Å². The lowest BCUT2D eigenvalue weighted by atomic mass is 10.1. The van der Waals surface area contributed by atoms with Crippen molar-refractivity contribution in [1.29, 1.82) is 0 Å². The van der Waals surface area contributed by atoms with E-state index in [0.29, 0.717) is 6.42 Å². The number of halogens is 7. The van der Waals surface area contributed by atoms with E-state index < -0.39 is 35.6 Å². The van der Waals surface area contributed by atoms with Crippen LogP contribution in [0.3, 0.4) is 0 Å². The predicted molar refractivity (Wildman–Crippen MR) is 68.5 cm³/mol. The monoisotopic (exact) mass is 386 g/mol. The summed E-state index contributed by atoms with van der Waals surface area (Å²) in [6, 6.07) is 0. The van der Waals surface area contributed by atoms with E-state index in [1.54, 1.807) is 0 Å². The normalized spacial score (nSPS) is 20.1. The number of carboxylic acid groups (broad SMARTS) is 2. The molecule has 12 heteroatoms. The largest absolute Gasteiger partial charge is 0.503 e. The zero-order valence-corrected chi connectivity index (χ0v) is 13.0. The molecule has 0 heterocycles. The number of alkyl halides is 6. The number of rotatable bonds is 3.